The first-order valence-corrected chi connectivity index (χ1v) is 13.4. The van der Waals surface area contributed by atoms with Crippen LogP contribution in [0.1, 0.15) is 48.0 Å². The van der Waals surface area contributed by atoms with Gasteiger partial charge in [0.15, 0.2) is 0 Å². The normalized spacial score (nSPS) is 15.0. The molecule has 0 N–H and O–H groups in total. The minimum Gasteiger partial charge on any atom is -0.341 e. The Morgan fingerprint density at radius 1 is 1.00 bits per heavy atom. The molecule has 1 heterocycles. The van der Waals surface area contributed by atoms with Crippen molar-refractivity contribution in [3.05, 3.63) is 69.7 Å². The molecule has 0 radical (unpaired) electrons. The van der Waals surface area contributed by atoms with Crippen LogP contribution in [0.25, 0.3) is 0 Å². The Morgan fingerprint density at radius 3 is 2.22 bits per heavy atom. The average molecular weight is 570 g/mol. The monoisotopic (exact) mass is 568 g/mol. The summed E-state index contributed by atoms with van der Waals surface area (Å²) >= 11 is 12.5. The van der Waals surface area contributed by atoms with Gasteiger partial charge in [-0.1, -0.05) is 47.5 Å². The van der Waals surface area contributed by atoms with Gasteiger partial charge in [-0.05, 0) is 62.6 Å². The summed E-state index contributed by atoms with van der Waals surface area (Å²) in [7, 11) is 5.47. The van der Waals surface area contributed by atoms with Crippen molar-refractivity contribution in [2.24, 2.45) is 0 Å². The van der Waals surface area contributed by atoms with E-state index in [-0.39, 0.29) is 36.3 Å². The van der Waals surface area contributed by atoms with Crippen LogP contribution in [-0.2, 0) is 0 Å². The van der Waals surface area contributed by atoms with E-state index in [4.69, 9.17) is 23.2 Å². The number of likely N-dealkylation sites (N-methyl/N-ethyl adjacent to an activating group) is 1. The number of likely N-dealkylation sites (tertiary alicyclic amines) is 1. The number of carbonyl (C=O) groups excluding carboxylic acids is 2. The number of amides is 3. The Hall–Kier alpha value is -1.99. The van der Waals surface area contributed by atoms with Crippen molar-refractivity contribution in [2.45, 2.75) is 38.1 Å². The van der Waals surface area contributed by atoms with E-state index in [9.17, 15) is 9.59 Å². The molecule has 37 heavy (non-hydrogen) atoms. The lowest BCUT2D eigenvalue weighted by Gasteiger charge is -2.39. The number of hydrogen-bond acceptors (Lipinski definition) is 3. The lowest BCUT2D eigenvalue weighted by atomic mass is 9.94. The Balaban J connectivity index is 0.00000481. The van der Waals surface area contributed by atoms with Gasteiger partial charge in [0.1, 0.15) is 0 Å². The van der Waals surface area contributed by atoms with Crippen LogP contribution in [0.4, 0.5) is 4.79 Å². The van der Waals surface area contributed by atoms with E-state index in [1.807, 2.05) is 81.5 Å². The summed E-state index contributed by atoms with van der Waals surface area (Å²) in [5.41, 5.74) is 1.77. The van der Waals surface area contributed by atoms with Gasteiger partial charge in [0.25, 0.3) is 5.91 Å². The first-order valence-electron chi connectivity index (χ1n) is 12.7. The third-order valence-corrected chi connectivity index (χ3v) is 7.78. The standard InChI is InChI=1S/C28H38Cl2N4O2.ClH/c1-5-34(28(36)31(2)3)24-14-17-33(18-15-24)16-13-23(22-11-12-25(29)26(30)19-22)20-32(4)27(35)21-9-7-6-8-10-21;/h6-12,19,23-24H,5,13-18,20H2,1-4H3;1H. The zero-order valence-corrected chi connectivity index (χ0v) is 24.5. The van der Waals surface area contributed by atoms with Crippen LogP contribution in [0.2, 0.25) is 10.0 Å². The van der Waals surface area contributed by atoms with Crippen LogP contribution in [0.5, 0.6) is 0 Å². The Kier molecular flexibility index (Phi) is 12.5. The SMILES string of the molecule is CCN(C(=O)N(C)C)C1CCN(CCC(CN(C)C(=O)c2ccccc2)c2ccc(Cl)c(Cl)c2)CC1.Cl. The largest absolute Gasteiger partial charge is 0.341 e. The van der Waals surface area contributed by atoms with Crippen molar-refractivity contribution in [1.29, 1.82) is 0 Å². The van der Waals surface area contributed by atoms with Crippen molar-refractivity contribution >= 4 is 47.5 Å². The first kappa shape index (κ1) is 31.2. The van der Waals surface area contributed by atoms with E-state index >= 15 is 0 Å². The molecule has 1 unspecified atom stereocenters. The van der Waals surface area contributed by atoms with Crippen molar-refractivity contribution in [3.63, 3.8) is 0 Å². The van der Waals surface area contributed by atoms with Crippen molar-refractivity contribution in [1.82, 2.24) is 19.6 Å². The van der Waals surface area contributed by atoms with E-state index in [2.05, 4.69) is 4.90 Å². The maximum Gasteiger partial charge on any atom is 0.319 e. The molecule has 1 aliphatic rings. The van der Waals surface area contributed by atoms with E-state index in [0.717, 1.165) is 51.0 Å². The molecular formula is C28H39Cl3N4O2. The number of hydrogen-bond donors (Lipinski definition) is 0. The highest BCUT2D eigenvalue weighted by molar-refractivity contribution is 6.42. The van der Waals surface area contributed by atoms with Gasteiger partial charge in [0.2, 0.25) is 0 Å². The molecule has 1 fully saturated rings. The Bertz CT molecular complexity index is 1010. The summed E-state index contributed by atoms with van der Waals surface area (Å²) in [6.07, 6.45) is 2.83. The van der Waals surface area contributed by atoms with Gasteiger partial charge in [-0.3, -0.25) is 4.79 Å². The number of piperidine rings is 1. The highest BCUT2D eigenvalue weighted by atomic mass is 35.5. The van der Waals surface area contributed by atoms with Gasteiger partial charge in [-0.15, -0.1) is 12.4 Å². The first-order chi connectivity index (χ1) is 17.2. The lowest BCUT2D eigenvalue weighted by molar-refractivity contribution is 0.0778. The lowest BCUT2D eigenvalue weighted by Crippen LogP contribution is -2.50. The van der Waals surface area contributed by atoms with Crippen molar-refractivity contribution in [2.75, 3.05) is 53.9 Å². The number of benzene rings is 2. The summed E-state index contributed by atoms with van der Waals surface area (Å²) < 4.78 is 0. The fraction of sp³-hybridized carbons (Fsp3) is 0.500. The van der Waals surface area contributed by atoms with Crippen LogP contribution < -0.4 is 0 Å². The molecule has 1 saturated heterocycles. The molecule has 0 bridgehead atoms. The second-order valence-corrected chi connectivity index (χ2v) is 10.6. The molecule has 2 aromatic carbocycles. The zero-order valence-electron chi connectivity index (χ0n) is 22.2. The molecular weight excluding hydrogens is 531 g/mol. The predicted octanol–water partition coefficient (Wildman–Crippen LogP) is 6.13. The van der Waals surface area contributed by atoms with Gasteiger partial charge >= 0.3 is 6.03 Å². The molecule has 204 valence electrons. The van der Waals surface area contributed by atoms with Gasteiger partial charge in [0.05, 0.1) is 10.0 Å². The van der Waals surface area contributed by atoms with Crippen LogP contribution in [0.15, 0.2) is 48.5 Å². The van der Waals surface area contributed by atoms with Crippen molar-refractivity contribution in [3.8, 4) is 0 Å². The zero-order chi connectivity index (χ0) is 26.2. The molecule has 1 aliphatic heterocycles. The summed E-state index contributed by atoms with van der Waals surface area (Å²) in [5.74, 6) is 0.129. The molecule has 0 saturated carbocycles. The molecule has 2 aromatic rings. The van der Waals surface area contributed by atoms with Gasteiger partial charge in [-0.2, -0.15) is 0 Å². The van der Waals surface area contributed by atoms with Gasteiger partial charge in [0, 0.05) is 64.8 Å². The van der Waals surface area contributed by atoms with E-state index in [1.54, 1.807) is 9.80 Å². The average Bonchev–Trinajstić information content (AvgIpc) is 2.89. The fourth-order valence-corrected chi connectivity index (χ4v) is 5.25. The molecule has 0 aliphatic carbocycles. The highest BCUT2D eigenvalue weighted by Gasteiger charge is 2.28. The predicted molar refractivity (Wildman–Crippen MR) is 155 cm³/mol. The van der Waals surface area contributed by atoms with Crippen LogP contribution in [-0.4, -0.2) is 91.4 Å². The molecule has 0 aromatic heterocycles. The third-order valence-electron chi connectivity index (χ3n) is 7.04. The van der Waals surface area contributed by atoms with E-state index in [0.29, 0.717) is 22.2 Å². The molecule has 0 spiro atoms. The molecule has 1 atom stereocenters. The number of nitrogens with zero attached hydrogens (tertiary/aromatic N) is 4. The topological polar surface area (TPSA) is 47.1 Å². The van der Waals surface area contributed by atoms with Crippen LogP contribution in [0, 0.1) is 0 Å². The Morgan fingerprint density at radius 2 is 1.65 bits per heavy atom. The van der Waals surface area contributed by atoms with Gasteiger partial charge in [-0.25, -0.2) is 4.79 Å². The molecule has 3 rings (SSSR count). The number of carbonyl (C=O) groups is 2. The summed E-state index contributed by atoms with van der Waals surface area (Å²) in [4.78, 5) is 33.4. The molecule has 9 heteroatoms. The summed E-state index contributed by atoms with van der Waals surface area (Å²) in [6.45, 7) is 6.18. The number of urea groups is 1. The number of rotatable bonds is 9. The molecule has 3 amide bonds. The third kappa shape index (κ3) is 8.51. The van der Waals surface area contributed by atoms with Crippen LogP contribution >= 0.6 is 35.6 Å². The summed E-state index contributed by atoms with van der Waals surface area (Å²) in [5, 5.41) is 1.06. The van der Waals surface area contributed by atoms with Gasteiger partial charge < -0.3 is 19.6 Å². The number of halogens is 3. The fourth-order valence-electron chi connectivity index (χ4n) is 4.94. The van der Waals surface area contributed by atoms with Crippen LogP contribution in [0.3, 0.4) is 0 Å². The van der Waals surface area contributed by atoms with E-state index < -0.39 is 0 Å². The second-order valence-electron chi connectivity index (χ2n) is 9.75. The summed E-state index contributed by atoms with van der Waals surface area (Å²) in [6, 6.07) is 15.5. The van der Waals surface area contributed by atoms with E-state index in [1.165, 1.54) is 0 Å². The highest BCUT2D eigenvalue weighted by Crippen LogP contribution is 2.30. The maximum absolute atomic E-state index is 13.0. The minimum atomic E-state index is 0. The quantitative estimate of drug-likeness (QED) is 0.365. The maximum atomic E-state index is 13.0. The Labute approximate surface area is 237 Å². The smallest absolute Gasteiger partial charge is 0.319 e. The minimum absolute atomic E-state index is 0. The second kappa shape index (κ2) is 14.8. The molecule has 6 nitrogen and oxygen atoms in total. The van der Waals surface area contributed by atoms with Crippen molar-refractivity contribution < 1.29 is 9.59 Å².